The molecule has 1 heterocycles. The lowest BCUT2D eigenvalue weighted by Gasteiger charge is -2.08. The Morgan fingerprint density at radius 2 is 2.18 bits per heavy atom. The van der Waals surface area contributed by atoms with E-state index < -0.39 is 0 Å². The molecular formula is C14H19ClIN5O. The van der Waals surface area contributed by atoms with Gasteiger partial charge in [-0.15, -0.1) is 24.0 Å². The average Bonchev–Trinajstić information content (AvgIpc) is 2.96. The molecule has 0 atom stereocenters. The topological polar surface area (TPSA) is 75.3 Å². The SMILES string of the molecule is CCCNC(=NC)NCc1nc(-c2cccc(Cl)c2)no1.I. The fraction of sp³-hybridized carbons (Fsp3) is 0.357. The van der Waals surface area contributed by atoms with Crippen LogP contribution in [0.3, 0.4) is 0 Å². The van der Waals surface area contributed by atoms with Gasteiger partial charge in [0.15, 0.2) is 5.96 Å². The van der Waals surface area contributed by atoms with E-state index in [1.807, 2.05) is 12.1 Å². The van der Waals surface area contributed by atoms with Gasteiger partial charge < -0.3 is 15.2 Å². The van der Waals surface area contributed by atoms with Crippen LogP contribution in [0, 0.1) is 0 Å². The van der Waals surface area contributed by atoms with Gasteiger partial charge in [0, 0.05) is 24.2 Å². The molecule has 0 unspecified atom stereocenters. The zero-order valence-electron chi connectivity index (χ0n) is 12.5. The summed E-state index contributed by atoms with van der Waals surface area (Å²) in [4.78, 5) is 8.43. The summed E-state index contributed by atoms with van der Waals surface area (Å²) in [6.07, 6.45) is 1.03. The molecule has 0 spiro atoms. The average molecular weight is 436 g/mol. The molecule has 2 aromatic rings. The summed E-state index contributed by atoms with van der Waals surface area (Å²) in [5.41, 5.74) is 0.825. The van der Waals surface area contributed by atoms with E-state index in [4.69, 9.17) is 16.1 Å². The third kappa shape index (κ3) is 5.45. The van der Waals surface area contributed by atoms with Crippen molar-refractivity contribution < 1.29 is 4.52 Å². The largest absolute Gasteiger partial charge is 0.356 e. The fourth-order valence-electron chi connectivity index (χ4n) is 1.69. The first-order valence-electron chi connectivity index (χ1n) is 6.76. The van der Waals surface area contributed by atoms with Crippen molar-refractivity contribution in [3.8, 4) is 11.4 Å². The summed E-state index contributed by atoms with van der Waals surface area (Å²) in [5, 5.41) is 10.9. The van der Waals surface area contributed by atoms with Crippen molar-refractivity contribution in [2.45, 2.75) is 19.9 Å². The van der Waals surface area contributed by atoms with Crippen molar-refractivity contribution in [3.05, 3.63) is 35.2 Å². The lowest BCUT2D eigenvalue weighted by atomic mass is 10.2. The van der Waals surface area contributed by atoms with Crippen molar-refractivity contribution in [1.29, 1.82) is 0 Å². The molecule has 0 aliphatic heterocycles. The maximum Gasteiger partial charge on any atom is 0.246 e. The number of nitrogens with one attached hydrogen (secondary N) is 2. The van der Waals surface area contributed by atoms with Gasteiger partial charge in [-0.1, -0.05) is 35.8 Å². The quantitative estimate of drug-likeness (QED) is 0.429. The Balaban J connectivity index is 0.00000242. The Bertz CT molecular complexity index is 617. The molecule has 6 nitrogen and oxygen atoms in total. The smallest absolute Gasteiger partial charge is 0.246 e. The van der Waals surface area contributed by atoms with Crippen LogP contribution >= 0.6 is 35.6 Å². The predicted octanol–water partition coefficient (Wildman–Crippen LogP) is 3.08. The maximum absolute atomic E-state index is 5.95. The van der Waals surface area contributed by atoms with Crippen LogP contribution in [0.25, 0.3) is 11.4 Å². The van der Waals surface area contributed by atoms with Gasteiger partial charge >= 0.3 is 0 Å². The highest BCUT2D eigenvalue weighted by Gasteiger charge is 2.09. The minimum Gasteiger partial charge on any atom is -0.356 e. The van der Waals surface area contributed by atoms with E-state index in [2.05, 4.69) is 32.7 Å². The third-order valence-corrected chi connectivity index (χ3v) is 2.96. The number of hydrogen-bond acceptors (Lipinski definition) is 4. The number of aliphatic imine (C=N–C) groups is 1. The van der Waals surface area contributed by atoms with Crippen molar-refractivity contribution >= 4 is 41.5 Å². The highest BCUT2D eigenvalue weighted by Crippen LogP contribution is 2.19. The van der Waals surface area contributed by atoms with Gasteiger partial charge in [-0.05, 0) is 18.6 Å². The van der Waals surface area contributed by atoms with E-state index in [1.165, 1.54) is 0 Å². The second-order valence-corrected chi connectivity index (χ2v) is 4.81. The van der Waals surface area contributed by atoms with E-state index in [9.17, 15) is 0 Å². The van der Waals surface area contributed by atoms with Gasteiger partial charge in [0.1, 0.15) is 0 Å². The minimum atomic E-state index is 0. The summed E-state index contributed by atoms with van der Waals surface area (Å²) >= 11 is 5.95. The van der Waals surface area contributed by atoms with E-state index in [1.54, 1.807) is 19.2 Å². The third-order valence-electron chi connectivity index (χ3n) is 2.72. The molecule has 2 rings (SSSR count). The van der Waals surface area contributed by atoms with Crippen LogP contribution < -0.4 is 10.6 Å². The molecule has 0 aliphatic rings. The number of nitrogens with zero attached hydrogens (tertiary/aromatic N) is 3. The summed E-state index contributed by atoms with van der Waals surface area (Å²) in [6, 6.07) is 7.33. The molecule has 0 radical (unpaired) electrons. The number of halogens is 2. The Kier molecular flexibility index (Phi) is 8.18. The van der Waals surface area contributed by atoms with Crippen LogP contribution in [0.5, 0.6) is 0 Å². The van der Waals surface area contributed by atoms with E-state index >= 15 is 0 Å². The first-order valence-corrected chi connectivity index (χ1v) is 7.13. The molecule has 0 aliphatic carbocycles. The number of hydrogen-bond donors (Lipinski definition) is 2. The molecule has 0 bridgehead atoms. The van der Waals surface area contributed by atoms with Crippen molar-refractivity contribution in [1.82, 2.24) is 20.8 Å². The predicted molar refractivity (Wildman–Crippen MR) is 98.7 cm³/mol. The van der Waals surface area contributed by atoms with Gasteiger partial charge in [0.2, 0.25) is 11.7 Å². The van der Waals surface area contributed by atoms with Crippen LogP contribution in [-0.2, 0) is 6.54 Å². The first-order chi connectivity index (χ1) is 10.2. The molecule has 0 saturated heterocycles. The van der Waals surface area contributed by atoms with Crippen LogP contribution in [0.15, 0.2) is 33.8 Å². The molecule has 8 heteroatoms. The summed E-state index contributed by atoms with van der Waals surface area (Å²) in [6.45, 7) is 3.36. The van der Waals surface area contributed by atoms with Crippen LogP contribution in [-0.4, -0.2) is 29.7 Å². The highest BCUT2D eigenvalue weighted by molar-refractivity contribution is 14.0. The van der Waals surface area contributed by atoms with E-state index in [0.29, 0.717) is 29.2 Å². The number of benzene rings is 1. The molecule has 0 fully saturated rings. The molecular weight excluding hydrogens is 417 g/mol. The first kappa shape index (κ1) is 18.7. The Hall–Kier alpha value is -1.35. The highest BCUT2D eigenvalue weighted by atomic mass is 127. The van der Waals surface area contributed by atoms with Crippen molar-refractivity contribution in [3.63, 3.8) is 0 Å². The Labute approximate surface area is 151 Å². The monoisotopic (exact) mass is 435 g/mol. The zero-order chi connectivity index (χ0) is 15.1. The van der Waals surface area contributed by atoms with Gasteiger partial charge in [-0.3, -0.25) is 4.99 Å². The lowest BCUT2D eigenvalue weighted by molar-refractivity contribution is 0.375. The van der Waals surface area contributed by atoms with Gasteiger partial charge in [-0.2, -0.15) is 4.98 Å². The minimum absolute atomic E-state index is 0. The van der Waals surface area contributed by atoms with Crippen molar-refractivity contribution in [2.75, 3.05) is 13.6 Å². The zero-order valence-corrected chi connectivity index (χ0v) is 15.6. The normalized spacial score (nSPS) is 11.0. The van der Waals surface area contributed by atoms with Crippen LogP contribution in [0.2, 0.25) is 5.02 Å². The molecule has 120 valence electrons. The van der Waals surface area contributed by atoms with E-state index in [-0.39, 0.29) is 24.0 Å². The molecule has 22 heavy (non-hydrogen) atoms. The van der Waals surface area contributed by atoms with Crippen LogP contribution in [0.4, 0.5) is 0 Å². The number of guanidine groups is 1. The Morgan fingerprint density at radius 3 is 2.86 bits per heavy atom. The second kappa shape index (κ2) is 9.62. The van der Waals surface area contributed by atoms with Crippen molar-refractivity contribution in [2.24, 2.45) is 4.99 Å². The van der Waals surface area contributed by atoms with Gasteiger partial charge in [0.25, 0.3) is 0 Å². The Morgan fingerprint density at radius 1 is 1.36 bits per heavy atom. The molecule has 1 aromatic carbocycles. The number of rotatable bonds is 5. The molecule has 2 N–H and O–H groups in total. The summed E-state index contributed by atoms with van der Waals surface area (Å²) in [7, 11) is 1.72. The fourth-order valence-corrected chi connectivity index (χ4v) is 1.89. The number of aromatic nitrogens is 2. The second-order valence-electron chi connectivity index (χ2n) is 4.37. The lowest BCUT2D eigenvalue weighted by Crippen LogP contribution is -2.37. The molecule has 1 aromatic heterocycles. The standard InChI is InChI=1S/C14H18ClN5O.HI/c1-3-7-17-14(16-2)18-9-12-19-13(20-21-12)10-5-4-6-11(15)8-10;/h4-6,8H,3,7,9H2,1-2H3,(H2,16,17,18);1H. The van der Waals surface area contributed by atoms with E-state index in [0.717, 1.165) is 18.5 Å². The maximum atomic E-state index is 5.95. The van der Waals surface area contributed by atoms with Crippen LogP contribution in [0.1, 0.15) is 19.2 Å². The molecule has 0 saturated carbocycles. The molecule has 0 amide bonds. The van der Waals surface area contributed by atoms with Gasteiger partial charge in [-0.25, -0.2) is 0 Å². The summed E-state index contributed by atoms with van der Waals surface area (Å²) < 4.78 is 5.21. The summed E-state index contributed by atoms with van der Waals surface area (Å²) in [5.74, 6) is 1.72. The van der Waals surface area contributed by atoms with Gasteiger partial charge in [0.05, 0.1) is 6.54 Å².